The van der Waals surface area contributed by atoms with Crippen molar-refractivity contribution in [2.75, 3.05) is 6.61 Å². The van der Waals surface area contributed by atoms with Gasteiger partial charge in [0.25, 0.3) is 13.4 Å². The molecule has 0 amide bonds. The predicted molar refractivity (Wildman–Crippen MR) is 83.8 cm³/mol. The van der Waals surface area contributed by atoms with Crippen molar-refractivity contribution in [2.45, 2.75) is 24.5 Å². The third-order valence-corrected chi connectivity index (χ3v) is 6.30. The van der Waals surface area contributed by atoms with Crippen molar-refractivity contribution in [3.63, 3.8) is 0 Å². The summed E-state index contributed by atoms with van der Waals surface area (Å²) in [6.45, 7) is -0.479. The molecule has 1 fully saturated rings. The number of hydrogen-bond donors (Lipinski definition) is 6. The predicted octanol–water partition coefficient (Wildman–Crippen LogP) is -14.4. The van der Waals surface area contributed by atoms with Gasteiger partial charge in [0, 0.05) is 12.3 Å². The van der Waals surface area contributed by atoms with Crippen molar-refractivity contribution in [2.24, 2.45) is 0 Å². The Kier molecular flexibility index (Phi) is 19.1. The molecule has 0 radical (unpaired) electrons. The Morgan fingerprint density at radius 3 is 1.91 bits per heavy atom. The molecule has 0 saturated carbocycles. The Labute approximate surface area is 250 Å². The topological polar surface area (TPSA) is 304 Å². The molecule has 1 aromatic heterocycles. The van der Waals surface area contributed by atoms with E-state index in [-0.39, 0.29) is 88.7 Å². The van der Waals surface area contributed by atoms with E-state index in [1.165, 1.54) is 0 Å². The third kappa shape index (κ3) is 14.4. The fraction of sp³-hybridized carbons (Fsp3) is 0.556. The monoisotopic (exact) mass is 568 g/mol. The van der Waals surface area contributed by atoms with Crippen molar-refractivity contribution >= 4 is 23.5 Å². The molecular weight excluding hydrogens is 554 g/mol. The summed E-state index contributed by atoms with van der Waals surface area (Å²) in [6, 6.07) is 1.09. The first-order valence-corrected chi connectivity index (χ1v) is 11.7. The molecule has 2 heterocycles. The maximum absolute atomic E-state index is 11.4. The van der Waals surface area contributed by atoms with Gasteiger partial charge in [-0.3, -0.25) is 23.2 Å². The molecule has 5 atom stereocenters. The van der Waals surface area contributed by atoms with E-state index in [2.05, 4.69) is 8.62 Å². The van der Waals surface area contributed by atoms with Gasteiger partial charge in [-0.1, -0.05) is 0 Å². The normalized spacial score (nSPS) is 24.1. The Bertz CT molecular complexity index is 963. The van der Waals surface area contributed by atoms with Gasteiger partial charge in [0.2, 0.25) is 0 Å². The average molecular weight is 568 g/mol. The number of nitrogens with one attached hydrogen (secondary N) is 1. The molecule has 33 heavy (non-hydrogen) atoms. The van der Waals surface area contributed by atoms with Crippen molar-refractivity contribution in [3.8, 4) is 0 Å². The summed E-state index contributed by atoms with van der Waals surface area (Å²) in [5.41, 5.74) is -1.33. The first kappa shape index (κ1) is 39.4. The van der Waals surface area contributed by atoms with Gasteiger partial charge in [-0.25, -0.2) is 13.7 Å². The van der Waals surface area contributed by atoms with Gasteiger partial charge in [0.1, 0.15) is 18.3 Å². The van der Waals surface area contributed by atoms with Crippen LogP contribution in [0.2, 0.25) is 0 Å². The van der Waals surface area contributed by atoms with Crippen LogP contribution in [0.15, 0.2) is 21.9 Å². The van der Waals surface area contributed by atoms with Crippen LogP contribution in [0.3, 0.4) is 0 Å². The molecule has 18 nitrogen and oxygen atoms in total. The number of rotatable bonds is 6. The van der Waals surface area contributed by atoms with Gasteiger partial charge < -0.3 is 49.1 Å². The summed E-state index contributed by atoms with van der Waals surface area (Å²) in [5, 5.41) is 28.1. The number of hydrogen-bond acceptors (Lipinski definition) is 14. The van der Waals surface area contributed by atoms with E-state index in [0.717, 1.165) is 16.8 Å². The van der Waals surface area contributed by atoms with Crippen LogP contribution in [-0.2, 0) is 27.1 Å². The Hall–Kier alpha value is 1.93. The van der Waals surface area contributed by atoms with Gasteiger partial charge in [-0.2, -0.15) is 0 Å². The summed E-state index contributed by atoms with van der Waals surface area (Å²) in [7, 11) is -17.2. The van der Waals surface area contributed by atoms with Gasteiger partial charge in [0.05, 0.1) is 14.4 Å². The van der Waals surface area contributed by atoms with Gasteiger partial charge >= 0.3 is 102 Å². The SMILES string of the molecule is O=P([O-])([O-])OP(=O)([O-])OP(=O)(O)O.O=c1ccn([C@@H]2O[C@H](CO)[C@@H](O)[C@H]2O)c(=O)[nH]1.[Na+].[Na+].[Na+]. The second-order valence-corrected chi connectivity index (χ2v) is 9.37. The summed E-state index contributed by atoms with van der Waals surface area (Å²) in [5.74, 6) is 0. The number of aromatic amines is 1. The molecule has 1 aliphatic rings. The van der Waals surface area contributed by atoms with Crippen molar-refractivity contribution in [1.29, 1.82) is 0 Å². The minimum atomic E-state index is -5.92. The maximum Gasteiger partial charge on any atom is 1.00 e. The number of aromatic nitrogens is 2. The van der Waals surface area contributed by atoms with Gasteiger partial charge in [-0.15, -0.1) is 0 Å². The van der Waals surface area contributed by atoms with E-state index >= 15 is 0 Å². The number of phosphoric acid groups is 3. The molecule has 1 aromatic rings. The molecule has 0 aliphatic carbocycles. The van der Waals surface area contributed by atoms with E-state index in [1.807, 2.05) is 4.98 Å². The first-order valence-electron chi connectivity index (χ1n) is 7.21. The van der Waals surface area contributed by atoms with E-state index in [4.69, 9.17) is 19.6 Å². The molecule has 1 unspecified atom stereocenters. The molecule has 174 valence electrons. The average Bonchev–Trinajstić information content (AvgIpc) is 2.79. The summed E-state index contributed by atoms with van der Waals surface area (Å²) >= 11 is 0. The zero-order chi connectivity index (χ0) is 23.5. The molecule has 1 saturated heterocycles. The number of nitrogens with zero attached hydrogens (tertiary/aromatic N) is 1. The number of ether oxygens (including phenoxy) is 1. The van der Waals surface area contributed by atoms with Gasteiger partial charge in [-0.05, 0) is 0 Å². The number of aliphatic hydroxyl groups is 3. The van der Waals surface area contributed by atoms with Crippen LogP contribution in [-0.4, -0.2) is 59.6 Å². The summed E-state index contributed by atoms with van der Waals surface area (Å²) < 4.78 is 41.4. The fourth-order valence-electron chi connectivity index (χ4n) is 2.01. The van der Waals surface area contributed by atoms with E-state index in [0.29, 0.717) is 0 Å². The zero-order valence-electron chi connectivity index (χ0n) is 17.2. The van der Waals surface area contributed by atoms with E-state index in [1.54, 1.807) is 0 Å². The van der Waals surface area contributed by atoms with Crippen molar-refractivity contribution < 1.29 is 156 Å². The largest absolute Gasteiger partial charge is 1.00 e. The Balaban J connectivity index is -0.000000517. The molecule has 0 spiro atoms. The molecule has 6 N–H and O–H groups in total. The number of aliphatic hydroxyl groups excluding tert-OH is 3. The molecular formula is C9H14N2Na3O16P3. The molecule has 1 aliphatic heterocycles. The van der Waals surface area contributed by atoms with Crippen LogP contribution >= 0.6 is 23.5 Å². The number of H-pyrrole nitrogens is 1. The van der Waals surface area contributed by atoms with E-state index in [9.17, 15) is 48.2 Å². The second-order valence-electron chi connectivity index (χ2n) is 5.29. The Morgan fingerprint density at radius 2 is 1.55 bits per heavy atom. The molecule has 24 heteroatoms. The Morgan fingerprint density at radius 1 is 1.03 bits per heavy atom. The van der Waals surface area contributed by atoms with Crippen LogP contribution in [0.4, 0.5) is 0 Å². The first-order chi connectivity index (χ1) is 13.5. The van der Waals surface area contributed by atoms with Crippen molar-refractivity contribution in [3.05, 3.63) is 33.1 Å². The van der Waals surface area contributed by atoms with Crippen molar-refractivity contribution in [1.82, 2.24) is 9.55 Å². The summed E-state index contributed by atoms with van der Waals surface area (Å²) in [6.07, 6.45) is -3.58. The fourth-order valence-corrected chi connectivity index (χ4v) is 4.41. The van der Waals surface area contributed by atoms with Crippen LogP contribution in [0.5, 0.6) is 0 Å². The second kappa shape index (κ2) is 16.0. The van der Waals surface area contributed by atoms with Crippen LogP contribution in [0.1, 0.15) is 6.23 Å². The van der Waals surface area contributed by atoms with Crippen LogP contribution < -0.4 is 115 Å². The smallest absolute Gasteiger partial charge is 0.790 e. The third-order valence-electron chi connectivity index (χ3n) is 3.05. The quantitative estimate of drug-likeness (QED) is 0.137. The standard InChI is InChI=1S/C9H12N2O6.3Na.H5O10P3/c12-3-4-6(14)7(15)8(17-4)11-2-1-5(13)10-9(11)16;;;;1-11(2,3)9-13(7,8)10-12(4,5)6/h1-2,4,6-8,12,14-15H,3H2,(H,10,13,16);;;;(H,7,8)(H2,1,2,3)(H2,4,5,6)/q;3*+1;/p-3/t4-,6-,7-,8-;;;;/m1..../s1. The van der Waals surface area contributed by atoms with Crippen LogP contribution in [0, 0.1) is 0 Å². The molecule has 2 rings (SSSR count). The molecule has 0 bridgehead atoms. The maximum atomic E-state index is 11.4. The van der Waals surface area contributed by atoms with E-state index < -0.39 is 65.9 Å². The van der Waals surface area contributed by atoms with Gasteiger partial charge in [0.15, 0.2) is 6.23 Å². The summed E-state index contributed by atoms with van der Waals surface area (Å²) in [4.78, 5) is 69.6. The minimum absolute atomic E-state index is 0. The zero-order valence-corrected chi connectivity index (χ0v) is 25.9. The molecule has 0 aromatic carbocycles. The minimum Gasteiger partial charge on any atom is -0.790 e. The van der Waals surface area contributed by atoms with Crippen LogP contribution in [0.25, 0.3) is 0 Å².